The molecule has 2 aromatic carbocycles. The fourth-order valence-corrected chi connectivity index (χ4v) is 3.48. The highest BCUT2D eigenvalue weighted by Crippen LogP contribution is 2.27. The van der Waals surface area contributed by atoms with Gasteiger partial charge in [-0.05, 0) is 29.8 Å². The molecule has 0 saturated carbocycles. The van der Waals surface area contributed by atoms with Crippen LogP contribution in [0.15, 0.2) is 60.4 Å². The van der Waals surface area contributed by atoms with E-state index in [-0.39, 0.29) is 21.9 Å². The van der Waals surface area contributed by atoms with Crippen molar-refractivity contribution in [3.05, 3.63) is 77.4 Å². The van der Waals surface area contributed by atoms with Gasteiger partial charge in [0.25, 0.3) is 5.24 Å². The number of amides is 1. The van der Waals surface area contributed by atoms with Crippen LogP contribution in [0.5, 0.6) is 0 Å². The highest BCUT2D eigenvalue weighted by molar-refractivity contribution is 8.27. The Balaban J connectivity index is 1.78. The van der Waals surface area contributed by atoms with Gasteiger partial charge in [-0.1, -0.05) is 30.3 Å². The van der Waals surface area contributed by atoms with E-state index in [0.717, 1.165) is 22.0 Å². The Kier molecular flexibility index (Phi) is 3.89. The van der Waals surface area contributed by atoms with Crippen molar-refractivity contribution in [2.75, 3.05) is 0 Å². The number of hydrogen-bond acceptors (Lipinski definition) is 3. The number of halogens is 1. The first-order valence-electron chi connectivity index (χ1n) is 7.67. The van der Waals surface area contributed by atoms with E-state index in [9.17, 15) is 14.0 Å². The topological polar surface area (TPSA) is 51.1 Å². The lowest BCUT2D eigenvalue weighted by Crippen LogP contribution is -2.10. The van der Waals surface area contributed by atoms with Crippen LogP contribution < -0.4 is 5.32 Å². The molecule has 1 N–H and O–H groups in total. The van der Waals surface area contributed by atoms with Gasteiger partial charge >= 0.3 is 0 Å². The molecular formula is C19H13FN2O2S. The predicted octanol–water partition coefficient (Wildman–Crippen LogP) is 4.15. The number of fused-ring (bicyclic) bond motifs is 1. The second-order valence-electron chi connectivity index (χ2n) is 5.72. The minimum Gasteiger partial charge on any atom is -0.342 e. The maximum atomic E-state index is 13.4. The van der Waals surface area contributed by atoms with Gasteiger partial charge in [0.1, 0.15) is 5.82 Å². The maximum absolute atomic E-state index is 13.4. The van der Waals surface area contributed by atoms with Crippen molar-refractivity contribution in [3.8, 4) is 0 Å². The van der Waals surface area contributed by atoms with Crippen molar-refractivity contribution in [3.63, 3.8) is 0 Å². The van der Waals surface area contributed by atoms with E-state index >= 15 is 0 Å². The van der Waals surface area contributed by atoms with Crippen LogP contribution in [0, 0.1) is 5.82 Å². The van der Waals surface area contributed by atoms with Crippen molar-refractivity contribution in [2.45, 2.75) is 6.54 Å². The van der Waals surface area contributed by atoms with E-state index < -0.39 is 0 Å². The fraction of sp³-hybridized carbons (Fsp3) is 0.0526. The van der Waals surface area contributed by atoms with Gasteiger partial charge in [-0.15, -0.1) is 0 Å². The van der Waals surface area contributed by atoms with Gasteiger partial charge in [-0.3, -0.25) is 9.59 Å². The molecule has 0 unspecified atom stereocenters. The van der Waals surface area contributed by atoms with Crippen LogP contribution in [0.1, 0.15) is 11.1 Å². The molecule has 124 valence electrons. The second kappa shape index (κ2) is 6.22. The second-order valence-corrected chi connectivity index (χ2v) is 6.67. The van der Waals surface area contributed by atoms with E-state index in [1.54, 1.807) is 12.1 Å². The highest BCUT2D eigenvalue weighted by Gasteiger charge is 2.25. The number of rotatable bonds is 3. The third kappa shape index (κ3) is 3.08. The number of aromatic nitrogens is 1. The molecule has 1 aliphatic heterocycles. The zero-order valence-corrected chi connectivity index (χ0v) is 13.8. The number of benzene rings is 2. The minimum atomic E-state index is -0.361. The molecule has 1 aliphatic rings. The summed E-state index contributed by atoms with van der Waals surface area (Å²) in [5, 5.41) is 2.88. The Labute approximate surface area is 147 Å². The van der Waals surface area contributed by atoms with Crippen molar-refractivity contribution in [1.29, 1.82) is 0 Å². The molecule has 0 atom stereocenters. The molecule has 1 amide bonds. The lowest BCUT2D eigenvalue weighted by Gasteiger charge is -2.05. The molecule has 4 rings (SSSR count). The zero-order valence-electron chi connectivity index (χ0n) is 13.0. The van der Waals surface area contributed by atoms with Crippen LogP contribution in [0.2, 0.25) is 0 Å². The number of nitrogens with one attached hydrogen (secondary N) is 1. The summed E-state index contributed by atoms with van der Waals surface area (Å²) < 4.78 is 15.4. The van der Waals surface area contributed by atoms with Crippen molar-refractivity contribution >= 4 is 39.1 Å². The van der Waals surface area contributed by atoms with Crippen LogP contribution in [0.25, 0.3) is 17.0 Å². The molecule has 25 heavy (non-hydrogen) atoms. The van der Waals surface area contributed by atoms with Gasteiger partial charge in [-0.25, -0.2) is 4.39 Å². The van der Waals surface area contributed by atoms with E-state index in [1.807, 2.05) is 41.1 Å². The zero-order chi connectivity index (χ0) is 17.4. The maximum Gasteiger partial charge on any atom is 0.291 e. The number of hydrogen-bond donors (Lipinski definition) is 1. The monoisotopic (exact) mass is 352 g/mol. The van der Waals surface area contributed by atoms with Crippen LogP contribution >= 0.6 is 11.8 Å². The first kappa shape index (κ1) is 15.7. The van der Waals surface area contributed by atoms with Crippen molar-refractivity contribution in [2.24, 2.45) is 0 Å². The largest absolute Gasteiger partial charge is 0.342 e. The number of para-hydroxylation sites is 1. The minimum absolute atomic E-state index is 0.271. The molecule has 0 aliphatic carbocycles. The Morgan fingerprint density at radius 1 is 1.12 bits per heavy atom. The average molecular weight is 352 g/mol. The quantitative estimate of drug-likeness (QED) is 0.721. The van der Waals surface area contributed by atoms with Gasteiger partial charge in [0.15, 0.2) is 0 Å². The van der Waals surface area contributed by atoms with E-state index in [4.69, 9.17) is 0 Å². The summed E-state index contributed by atoms with van der Waals surface area (Å²) in [5.74, 6) is -0.271. The Bertz CT molecular complexity index is 1040. The molecular weight excluding hydrogens is 339 g/mol. The number of carbonyl (C=O) groups excluding carboxylic acids is 2. The Hall–Kier alpha value is -2.86. The van der Waals surface area contributed by atoms with Gasteiger partial charge in [0.05, 0.1) is 5.70 Å². The lowest BCUT2D eigenvalue weighted by molar-refractivity contribution is -0.107. The van der Waals surface area contributed by atoms with Gasteiger partial charge in [-0.2, -0.15) is 0 Å². The van der Waals surface area contributed by atoms with Gasteiger partial charge in [0.2, 0.25) is 5.12 Å². The summed E-state index contributed by atoms with van der Waals surface area (Å²) in [5.41, 5.74) is 2.94. The third-order valence-corrected chi connectivity index (χ3v) is 4.70. The predicted molar refractivity (Wildman–Crippen MR) is 96.5 cm³/mol. The fourth-order valence-electron chi connectivity index (χ4n) is 2.93. The highest BCUT2D eigenvalue weighted by atomic mass is 32.2. The molecule has 0 spiro atoms. The summed E-state index contributed by atoms with van der Waals surface area (Å²) >= 11 is 0.658. The molecule has 6 heteroatoms. The summed E-state index contributed by atoms with van der Waals surface area (Å²) in [6, 6.07) is 14.2. The van der Waals surface area contributed by atoms with Crippen LogP contribution in [-0.4, -0.2) is 14.9 Å². The standard InChI is InChI=1S/C19H13FN2O2S/c20-14-5-3-4-12(8-14)10-22-11-13(15-6-1-2-7-17(15)22)9-16-18(23)25-19(24)21-16/h1-9,11H,10H2,(H,21,24). The molecule has 2 heterocycles. The summed E-state index contributed by atoms with van der Waals surface area (Å²) in [4.78, 5) is 23.2. The lowest BCUT2D eigenvalue weighted by atomic mass is 10.1. The third-order valence-electron chi connectivity index (χ3n) is 4.00. The first-order chi connectivity index (χ1) is 12.1. The van der Waals surface area contributed by atoms with Gasteiger partial charge < -0.3 is 9.88 Å². The van der Waals surface area contributed by atoms with E-state index in [1.165, 1.54) is 12.1 Å². The Morgan fingerprint density at radius 2 is 1.96 bits per heavy atom. The molecule has 1 saturated heterocycles. The number of thioether (sulfide) groups is 1. The van der Waals surface area contributed by atoms with Crippen LogP contribution in [0.4, 0.5) is 9.18 Å². The van der Waals surface area contributed by atoms with Gasteiger partial charge in [0, 0.05) is 41.0 Å². The smallest absolute Gasteiger partial charge is 0.291 e. The molecule has 0 radical (unpaired) electrons. The Morgan fingerprint density at radius 3 is 2.72 bits per heavy atom. The first-order valence-corrected chi connectivity index (χ1v) is 8.49. The number of carbonyl (C=O) groups is 2. The molecule has 1 fully saturated rings. The summed E-state index contributed by atoms with van der Waals surface area (Å²) in [6.45, 7) is 0.510. The van der Waals surface area contributed by atoms with E-state index in [2.05, 4.69) is 5.32 Å². The van der Waals surface area contributed by atoms with Crippen LogP contribution in [0.3, 0.4) is 0 Å². The average Bonchev–Trinajstić information content (AvgIpc) is 3.08. The normalized spacial score (nSPS) is 16.0. The van der Waals surface area contributed by atoms with E-state index in [0.29, 0.717) is 18.3 Å². The van der Waals surface area contributed by atoms with Crippen LogP contribution in [-0.2, 0) is 11.3 Å². The molecule has 0 bridgehead atoms. The summed E-state index contributed by atoms with van der Waals surface area (Å²) in [7, 11) is 0. The van der Waals surface area contributed by atoms with Crippen molar-refractivity contribution in [1.82, 2.24) is 9.88 Å². The van der Waals surface area contributed by atoms with Crippen molar-refractivity contribution < 1.29 is 14.0 Å². The molecule has 1 aromatic heterocycles. The number of nitrogens with zero attached hydrogens (tertiary/aromatic N) is 1. The summed E-state index contributed by atoms with van der Waals surface area (Å²) in [6.07, 6.45) is 3.59. The molecule has 4 nitrogen and oxygen atoms in total. The molecule has 3 aromatic rings. The SMILES string of the molecule is O=C1NC(=Cc2cn(Cc3cccc(F)c3)c3ccccc23)C(=O)S1.